The highest BCUT2D eigenvalue weighted by atomic mass is 16.4. The first-order chi connectivity index (χ1) is 13.1. The fourth-order valence-corrected chi connectivity index (χ4v) is 2.78. The maximum absolute atomic E-state index is 10.1. The summed E-state index contributed by atoms with van der Waals surface area (Å²) in [6, 6.07) is -2.31. The van der Waals surface area contributed by atoms with Crippen molar-refractivity contribution in [3.8, 4) is 0 Å². The monoisotopic (exact) mass is 413 g/mol. The van der Waals surface area contributed by atoms with Crippen molar-refractivity contribution in [1.29, 1.82) is 0 Å². The molecule has 1 rings (SSSR count). The van der Waals surface area contributed by atoms with Gasteiger partial charge in [-0.3, -0.25) is 4.79 Å². The lowest BCUT2D eigenvalue weighted by Gasteiger charge is -2.46. The van der Waals surface area contributed by atoms with Gasteiger partial charge in [0.05, 0.1) is 32.0 Å². The van der Waals surface area contributed by atoms with Crippen LogP contribution in [0.2, 0.25) is 0 Å². The highest BCUT2D eigenvalue weighted by molar-refractivity contribution is 5.72. The summed E-state index contributed by atoms with van der Waals surface area (Å²) in [5, 5.41) is 76.7. The minimum atomic E-state index is -1.94. The summed E-state index contributed by atoms with van der Waals surface area (Å²) in [7, 11) is 0. The maximum atomic E-state index is 10.1. The maximum Gasteiger partial charge on any atom is 0.320 e. The van der Waals surface area contributed by atoms with Gasteiger partial charge in [-0.2, -0.15) is 0 Å². The summed E-state index contributed by atoms with van der Waals surface area (Å²) >= 11 is 0. The zero-order chi connectivity index (χ0) is 21.9. The van der Waals surface area contributed by atoms with E-state index in [0.717, 1.165) is 12.8 Å². The molecule has 0 aliphatic heterocycles. The molecule has 0 heterocycles. The number of hydrogen-bond donors (Lipinski definition) is 11. The number of rotatable bonds is 10. The van der Waals surface area contributed by atoms with Gasteiger partial charge in [-0.1, -0.05) is 6.42 Å². The van der Waals surface area contributed by atoms with Gasteiger partial charge in [0.1, 0.15) is 23.9 Å². The molecule has 1 fully saturated rings. The number of carboxylic acids is 1. The number of nitrogens with one attached hydrogen (secondary N) is 1. The molecule has 168 valence electrons. The molecule has 28 heavy (non-hydrogen) atoms. The predicted octanol–water partition coefficient (Wildman–Crippen LogP) is -4.97. The molecular weight excluding hydrogens is 378 g/mol. The van der Waals surface area contributed by atoms with Crippen LogP contribution in [0.15, 0.2) is 0 Å². The van der Waals surface area contributed by atoms with Crippen molar-refractivity contribution in [1.82, 2.24) is 5.32 Å². The minimum absolute atomic E-state index is 0.223. The topological polar surface area (TPSA) is 243 Å². The van der Waals surface area contributed by atoms with E-state index in [-0.39, 0.29) is 6.42 Å². The standard InChI is InChI=1S/C10H21NO7.C6H14N2O2/c12-2-5(3-13)11-6-1-10(18,4-14)9(17)8(16)7(6)15;7-4-2-1-3-5(8)6(9)10/h5-9,11-18H,1-4H2;5H,1-4,7-8H2,(H,9,10)/t6-,7-,8+,9-,10-;/m0./s1. The predicted molar refractivity (Wildman–Crippen MR) is 98.1 cm³/mol. The summed E-state index contributed by atoms with van der Waals surface area (Å²) in [6.45, 7) is -0.961. The van der Waals surface area contributed by atoms with Gasteiger partial charge in [-0.25, -0.2) is 0 Å². The number of carboxylic acid groups (broad SMARTS) is 1. The number of nitrogens with two attached hydrogens (primary N) is 2. The van der Waals surface area contributed by atoms with Gasteiger partial charge >= 0.3 is 5.97 Å². The molecule has 1 aliphatic carbocycles. The third kappa shape index (κ3) is 8.21. The Morgan fingerprint density at radius 1 is 1.11 bits per heavy atom. The lowest BCUT2D eigenvalue weighted by atomic mass is 9.76. The molecule has 1 aliphatic rings. The Morgan fingerprint density at radius 2 is 1.68 bits per heavy atom. The molecule has 1 saturated carbocycles. The molecular formula is C16H35N3O9. The zero-order valence-electron chi connectivity index (χ0n) is 15.8. The van der Waals surface area contributed by atoms with E-state index in [1.54, 1.807) is 0 Å². The lowest BCUT2D eigenvalue weighted by Crippen LogP contribution is -2.68. The lowest BCUT2D eigenvalue weighted by molar-refractivity contribution is -0.207. The first-order valence-electron chi connectivity index (χ1n) is 9.11. The highest BCUT2D eigenvalue weighted by Gasteiger charge is 2.51. The summed E-state index contributed by atoms with van der Waals surface area (Å²) in [4.78, 5) is 10.1. The van der Waals surface area contributed by atoms with Crippen LogP contribution in [0.3, 0.4) is 0 Å². The van der Waals surface area contributed by atoms with Crippen LogP contribution in [-0.4, -0.2) is 115 Å². The van der Waals surface area contributed by atoms with Crippen molar-refractivity contribution >= 4 is 5.97 Å². The summed E-state index contributed by atoms with van der Waals surface area (Å²) in [5.74, 6) is -0.933. The SMILES string of the molecule is NCCCCC(N)C(=O)O.OCC(CO)N[C@H]1C[C@](O)(CO)[C@@H](O)[C@H](O)[C@H]1O. The van der Waals surface area contributed by atoms with Crippen molar-refractivity contribution in [2.75, 3.05) is 26.4 Å². The molecule has 6 atom stereocenters. The van der Waals surface area contributed by atoms with E-state index < -0.39 is 67.8 Å². The van der Waals surface area contributed by atoms with E-state index in [2.05, 4.69) is 5.32 Å². The van der Waals surface area contributed by atoms with Crippen molar-refractivity contribution < 1.29 is 45.6 Å². The van der Waals surface area contributed by atoms with Gasteiger partial charge in [0.25, 0.3) is 0 Å². The molecule has 13 N–H and O–H groups in total. The van der Waals surface area contributed by atoms with Gasteiger partial charge in [-0.15, -0.1) is 0 Å². The number of aliphatic hydroxyl groups excluding tert-OH is 6. The average Bonchev–Trinajstić information content (AvgIpc) is 2.68. The third-order valence-electron chi connectivity index (χ3n) is 4.66. The number of aliphatic carboxylic acids is 1. The molecule has 12 heteroatoms. The molecule has 12 nitrogen and oxygen atoms in total. The Balaban J connectivity index is 0.000000621. The van der Waals surface area contributed by atoms with Crippen LogP contribution in [-0.2, 0) is 4.79 Å². The van der Waals surface area contributed by atoms with Crippen LogP contribution < -0.4 is 16.8 Å². The smallest absolute Gasteiger partial charge is 0.320 e. The van der Waals surface area contributed by atoms with Crippen LogP contribution in [0, 0.1) is 0 Å². The van der Waals surface area contributed by atoms with E-state index in [0.29, 0.717) is 13.0 Å². The molecule has 0 aromatic heterocycles. The van der Waals surface area contributed by atoms with Crippen LogP contribution in [0.5, 0.6) is 0 Å². The van der Waals surface area contributed by atoms with Gasteiger partial charge in [-0.05, 0) is 25.8 Å². The molecule has 0 spiro atoms. The highest BCUT2D eigenvalue weighted by Crippen LogP contribution is 2.29. The van der Waals surface area contributed by atoms with Gasteiger partial charge < -0.3 is 57.6 Å². The summed E-state index contributed by atoms with van der Waals surface area (Å²) < 4.78 is 0. The number of carbonyl (C=O) groups is 1. The second-order valence-electron chi connectivity index (χ2n) is 6.96. The number of aliphatic hydroxyl groups is 7. The van der Waals surface area contributed by atoms with Crippen molar-refractivity contribution in [2.45, 2.75) is 67.7 Å². The van der Waals surface area contributed by atoms with E-state index in [9.17, 15) is 25.2 Å². The number of unbranched alkanes of at least 4 members (excludes halogenated alkanes) is 1. The first kappa shape index (κ1) is 27.1. The molecule has 0 bridgehead atoms. The molecule has 0 radical (unpaired) electrons. The van der Waals surface area contributed by atoms with Gasteiger partial charge in [0, 0.05) is 6.04 Å². The van der Waals surface area contributed by atoms with Crippen LogP contribution in [0.4, 0.5) is 0 Å². The second kappa shape index (κ2) is 13.3. The molecule has 0 amide bonds. The summed E-state index contributed by atoms with van der Waals surface area (Å²) in [6.07, 6.45) is -2.74. The van der Waals surface area contributed by atoms with Crippen LogP contribution in [0.1, 0.15) is 25.7 Å². The fraction of sp³-hybridized carbons (Fsp3) is 0.938. The largest absolute Gasteiger partial charge is 0.480 e. The molecule has 0 aromatic carbocycles. The van der Waals surface area contributed by atoms with E-state index in [1.807, 2.05) is 0 Å². The Labute approximate surface area is 163 Å². The van der Waals surface area contributed by atoms with Crippen molar-refractivity contribution in [3.63, 3.8) is 0 Å². The fourth-order valence-electron chi connectivity index (χ4n) is 2.78. The summed E-state index contributed by atoms with van der Waals surface area (Å²) in [5.41, 5.74) is 8.48. The molecule has 0 saturated heterocycles. The van der Waals surface area contributed by atoms with Crippen molar-refractivity contribution in [3.05, 3.63) is 0 Å². The Hall–Kier alpha value is -0.930. The van der Waals surface area contributed by atoms with E-state index >= 15 is 0 Å². The first-order valence-corrected chi connectivity index (χ1v) is 9.11. The second-order valence-corrected chi connectivity index (χ2v) is 6.96. The molecule has 0 aromatic rings. The Bertz CT molecular complexity index is 442. The average molecular weight is 413 g/mol. The third-order valence-corrected chi connectivity index (χ3v) is 4.66. The number of hydrogen-bond acceptors (Lipinski definition) is 11. The zero-order valence-corrected chi connectivity index (χ0v) is 15.8. The Morgan fingerprint density at radius 3 is 2.11 bits per heavy atom. The van der Waals surface area contributed by atoms with Crippen LogP contribution in [0.25, 0.3) is 0 Å². The van der Waals surface area contributed by atoms with Gasteiger partial charge in [0.15, 0.2) is 0 Å². The minimum Gasteiger partial charge on any atom is -0.480 e. The quantitative estimate of drug-likeness (QED) is 0.151. The van der Waals surface area contributed by atoms with Gasteiger partial charge in [0.2, 0.25) is 0 Å². The Kier molecular flexibility index (Phi) is 12.9. The normalized spacial score (nSPS) is 31.2. The van der Waals surface area contributed by atoms with E-state index in [4.69, 9.17) is 31.9 Å². The molecule has 1 unspecified atom stereocenters. The van der Waals surface area contributed by atoms with Crippen LogP contribution >= 0.6 is 0 Å². The van der Waals surface area contributed by atoms with Crippen molar-refractivity contribution in [2.24, 2.45) is 11.5 Å². The van der Waals surface area contributed by atoms with E-state index in [1.165, 1.54) is 0 Å².